The Morgan fingerprint density at radius 3 is 1.90 bits per heavy atom. The maximum atomic E-state index is 7.57. The van der Waals surface area contributed by atoms with Crippen molar-refractivity contribution in [2.24, 2.45) is 0 Å². The molecule has 0 bridgehead atoms. The summed E-state index contributed by atoms with van der Waals surface area (Å²) < 4.78 is 4.98. The molecule has 1 saturated heterocycles. The summed E-state index contributed by atoms with van der Waals surface area (Å²) in [6.45, 7) is 5.40. The number of ether oxygens (including phenoxy) is 1. The maximum Gasteiger partial charge on any atom is 1.00 e. The van der Waals surface area contributed by atoms with E-state index in [1.807, 2.05) is 0 Å². The molecule has 0 atom stereocenters. The van der Waals surface area contributed by atoms with Gasteiger partial charge in [-0.3, -0.25) is 0 Å². The molecule has 56 valence electrons. The van der Waals surface area contributed by atoms with Gasteiger partial charge in [-0.15, -0.1) is 13.1 Å². The van der Waals surface area contributed by atoms with E-state index in [0.29, 0.717) is 0 Å². The Hall–Kier alpha value is 0.880. The maximum absolute atomic E-state index is 7.57. The first-order valence-electron chi connectivity index (χ1n) is 3.23. The molecule has 0 radical (unpaired) electrons. The molecule has 0 unspecified atom stereocenters. The van der Waals surface area contributed by atoms with Crippen LogP contribution in [0.5, 0.6) is 0 Å². The molecule has 0 aromatic carbocycles. The van der Waals surface area contributed by atoms with Crippen molar-refractivity contribution >= 4 is 0 Å². The molecule has 0 saturated carbocycles. The standard InChI is InChI=1S/C4H8NO.C2H6O.Na/c1-3-6-4-2-5-1;1-2-3;/h1-4H2;3H,2H2,1H3;/q-1;;+1. The molecule has 1 N–H and O–H groups in total. The van der Waals surface area contributed by atoms with Gasteiger partial charge in [-0.25, -0.2) is 0 Å². The second kappa shape index (κ2) is 12.5. The van der Waals surface area contributed by atoms with Gasteiger partial charge in [0.15, 0.2) is 0 Å². The zero-order valence-electron chi connectivity index (χ0n) is 6.84. The van der Waals surface area contributed by atoms with Crippen LogP contribution in [-0.4, -0.2) is 38.0 Å². The van der Waals surface area contributed by atoms with Crippen molar-refractivity contribution in [3.63, 3.8) is 0 Å². The Balaban J connectivity index is 0. The molecule has 1 aliphatic rings. The molecule has 1 rings (SSSR count). The van der Waals surface area contributed by atoms with Crippen LogP contribution in [0.4, 0.5) is 0 Å². The molecule has 3 nitrogen and oxygen atoms in total. The average Bonchev–Trinajstić information content (AvgIpc) is 1.93. The van der Waals surface area contributed by atoms with E-state index in [0.717, 1.165) is 26.3 Å². The van der Waals surface area contributed by atoms with Gasteiger partial charge in [0.2, 0.25) is 0 Å². The quantitative estimate of drug-likeness (QED) is 0.390. The topological polar surface area (TPSA) is 43.6 Å². The number of hydrogen-bond acceptors (Lipinski definition) is 2. The first-order valence-corrected chi connectivity index (χ1v) is 3.23. The van der Waals surface area contributed by atoms with Gasteiger partial charge >= 0.3 is 29.6 Å². The van der Waals surface area contributed by atoms with Crippen LogP contribution >= 0.6 is 0 Å². The molecule has 1 fully saturated rings. The summed E-state index contributed by atoms with van der Waals surface area (Å²) in [4.78, 5) is 0. The Morgan fingerprint density at radius 2 is 1.80 bits per heavy atom. The molecular formula is C6H14NNaO2. The van der Waals surface area contributed by atoms with E-state index >= 15 is 0 Å². The van der Waals surface area contributed by atoms with Gasteiger partial charge in [-0.05, 0) is 6.92 Å². The van der Waals surface area contributed by atoms with Crippen LogP contribution in [0, 0.1) is 0 Å². The fourth-order valence-electron chi connectivity index (χ4n) is 0.472. The molecule has 10 heavy (non-hydrogen) atoms. The Kier molecular flexibility index (Phi) is 16.9. The number of aliphatic hydroxyl groups excluding tert-OH is 1. The van der Waals surface area contributed by atoms with Crippen molar-refractivity contribution in [1.29, 1.82) is 0 Å². The van der Waals surface area contributed by atoms with Gasteiger partial charge in [0.05, 0.1) is 0 Å². The van der Waals surface area contributed by atoms with Gasteiger partial charge in [-0.1, -0.05) is 0 Å². The number of hydrogen-bond donors (Lipinski definition) is 1. The van der Waals surface area contributed by atoms with Crippen LogP contribution in [0.3, 0.4) is 0 Å². The first-order chi connectivity index (χ1) is 4.41. The van der Waals surface area contributed by atoms with Crippen LogP contribution in [0.25, 0.3) is 5.32 Å². The molecule has 0 aromatic heterocycles. The van der Waals surface area contributed by atoms with Crippen LogP contribution in [0.2, 0.25) is 0 Å². The summed E-state index contributed by atoms with van der Waals surface area (Å²) in [5.41, 5.74) is 0. The Morgan fingerprint density at radius 1 is 1.40 bits per heavy atom. The van der Waals surface area contributed by atoms with Crippen LogP contribution in [-0.2, 0) is 4.74 Å². The predicted octanol–water partition coefficient (Wildman–Crippen LogP) is -2.61. The van der Waals surface area contributed by atoms with Gasteiger partial charge in [0.1, 0.15) is 0 Å². The Labute approximate surface area is 84.4 Å². The summed E-state index contributed by atoms with van der Waals surface area (Å²) in [5, 5.41) is 11.6. The van der Waals surface area contributed by atoms with E-state index in [2.05, 4.69) is 5.32 Å². The monoisotopic (exact) mass is 155 g/mol. The van der Waals surface area contributed by atoms with Crippen molar-refractivity contribution in [3.05, 3.63) is 5.32 Å². The normalized spacial score (nSPS) is 16.2. The third-order valence-electron chi connectivity index (χ3n) is 0.787. The minimum atomic E-state index is 0. The molecular weight excluding hydrogens is 141 g/mol. The SMILES string of the molecule is C1COCC[N-]1.CCO.[Na+]. The minimum Gasteiger partial charge on any atom is -0.659 e. The minimum absolute atomic E-state index is 0. The smallest absolute Gasteiger partial charge is 0.659 e. The van der Waals surface area contributed by atoms with Gasteiger partial charge < -0.3 is 15.2 Å². The van der Waals surface area contributed by atoms with Gasteiger partial charge in [0.25, 0.3) is 0 Å². The van der Waals surface area contributed by atoms with Gasteiger partial charge in [-0.2, -0.15) is 0 Å². The van der Waals surface area contributed by atoms with E-state index in [1.54, 1.807) is 6.92 Å². The average molecular weight is 155 g/mol. The summed E-state index contributed by atoms with van der Waals surface area (Å²) in [5.74, 6) is 0. The second-order valence-corrected chi connectivity index (χ2v) is 1.60. The third-order valence-corrected chi connectivity index (χ3v) is 0.787. The molecule has 4 heteroatoms. The predicted molar refractivity (Wildman–Crippen MR) is 36.7 cm³/mol. The van der Waals surface area contributed by atoms with E-state index in [9.17, 15) is 0 Å². The van der Waals surface area contributed by atoms with Gasteiger partial charge in [0, 0.05) is 19.8 Å². The second-order valence-electron chi connectivity index (χ2n) is 1.60. The largest absolute Gasteiger partial charge is 1.00 e. The van der Waals surface area contributed by atoms with Crippen LogP contribution < -0.4 is 29.6 Å². The number of aliphatic hydroxyl groups is 1. The fourth-order valence-corrected chi connectivity index (χ4v) is 0.472. The van der Waals surface area contributed by atoms with Crippen molar-refractivity contribution in [1.82, 2.24) is 0 Å². The van der Waals surface area contributed by atoms with Crippen LogP contribution in [0.15, 0.2) is 0 Å². The molecule has 1 aliphatic heterocycles. The van der Waals surface area contributed by atoms with Crippen molar-refractivity contribution in [2.45, 2.75) is 6.92 Å². The number of morpholine rings is 1. The summed E-state index contributed by atoms with van der Waals surface area (Å²) >= 11 is 0. The number of rotatable bonds is 0. The molecule has 0 spiro atoms. The molecule has 0 aromatic rings. The van der Waals surface area contributed by atoms with Crippen molar-refractivity contribution in [3.8, 4) is 0 Å². The zero-order chi connectivity index (χ0) is 6.95. The molecule has 0 amide bonds. The zero-order valence-corrected chi connectivity index (χ0v) is 8.84. The summed E-state index contributed by atoms with van der Waals surface area (Å²) in [7, 11) is 0. The molecule has 0 aliphatic carbocycles. The van der Waals surface area contributed by atoms with Crippen molar-refractivity contribution in [2.75, 3.05) is 32.9 Å². The fraction of sp³-hybridized carbons (Fsp3) is 1.00. The Bertz CT molecular complexity index is 39.5. The van der Waals surface area contributed by atoms with E-state index in [1.165, 1.54) is 0 Å². The third kappa shape index (κ3) is 11.6. The van der Waals surface area contributed by atoms with Crippen molar-refractivity contribution < 1.29 is 39.4 Å². The van der Waals surface area contributed by atoms with E-state index in [-0.39, 0.29) is 36.2 Å². The first kappa shape index (κ1) is 13.5. The molecule has 1 heterocycles. The number of nitrogens with zero attached hydrogens (tertiary/aromatic N) is 1. The van der Waals surface area contributed by atoms with Crippen LogP contribution in [0.1, 0.15) is 6.92 Å². The summed E-state index contributed by atoms with van der Waals surface area (Å²) in [6, 6.07) is 0. The van der Waals surface area contributed by atoms with E-state index in [4.69, 9.17) is 9.84 Å². The van der Waals surface area contributed by atoms with E-state index < -0.39 is 0 Å². The summed E-state index contributed by atoms with van der Waals surface area (Å²) in [6.07, 6.45) is 0.